The molecule has 0 aromatic heterocycles. The van der Waals surface area contributed by atoms with E-state index in [-0.39, 0.29) is 0 Å². The molecule has 0 atom stereocenters. The lowest BCUT2D eigenvalue weighted by Crippen LogP contribution is -2.43. The van der Waals surface area contributed by atoms with Crippen LogP contribution in [0.3, 0.4) is 0 Å². The number of nitrogens with zero attached hydrogens (tertiary/aromatic N) is 1. The van der Waals surface area contributed by atoms with E-state index in [2.05, 4.69) is 6.58 Å². The van der Waals surface area contributed by atoms with Gasteiger partial charge in [0.25, 0.3) is 5.97 Å². The topological polar surface area (TPSA) is 81.0 Å². The summed E-state index contributed by atoms with van der Waals surface area (Å²) in [6, 6.07) is 0. The van der Waals surface area contributed by atoms with Crippen molar-refractivity contribution in [3.8, 4) is 0 Å². The van der Waals surface area contributed by atoms with E-state index in [1.807, 2.05) is 0 Å². The van der Waals surface area contributed by atoms with Crippen LogP contribution in [0.2, 0.25) is 0 Å². The van der Waals surface area contributed by atoms with Gasteiger partial charge in [0.1, 0.15) is 6.54 Å². The van der Waals surface area contributed by atoms with Gasteiger partial charge in [-0.2, -0.15) is 0 Å². The Labute approximate surface area is 64.2 Å². The maximum absolute atomic E-state index is 10.7. The Hall–Kier alpha value is -0.910. The maximum Gasteiger partial charge on any atom is 0.294 e. The Bertz CT molecular complexity index is 160. The van der Waals surface area contributed by atoms with Gasteiger partial charge in [-0.1, -0.05) is 6.58 Å². The van der Waals surface area contributed by atoms with Crippen molar-refractivity contribution in [1.29, 1.82) is 0 Å². The molecule has 0 aliphatic heterocycles. The second kappa shape index (κ2) is 3.47. The maximum atomic E-state index is 10.7. The molecule has 0 saturated carbocycles. The normalized spacial score (nSPS) is 10.9. The van der Waals surface area contributed by atoms with Gasteiger partial charge in [-0.3, -0.25) is 4.79 Å². The molecule has 0 saturated heterocycles. The van der Waals surface area contributed by atoms with Crippen molar-refractivity contribution in [3.63, 3.8) is 0 Å². The highest BCUT2D eigenvalue weighted by molar-refractivity contribution is 5.86. The van der Waals surface area contributed by atoms with Crippen LogP contribution in [-0.4, -0.2) is 45.7 Å². The van der Waals surface area contributed by atoms with Gasteiger partial charge in [0.05, 0.1) is 0 Å². The Balaban J connectivity index is 3.97. The van der Waals surface area contributed by atoms with Crippen LogP contribution in [0.25, 0.3) is 0 Å². The van der Waals surface area contributed by atoms with Crippen molar-refractivity contribution in [3.05, 3.63) is 12.7 Å². The predicted octanol–water partition coefficient (Wildman–Crippen LogP) is -1.74. The van der Waals surface area contributed by atoms with Crippen LogP contribution in [0.1, 0.15) is 0 Å². The summed E-state index contributed by atoms with van der Waals surface area (Å²) in [6.07, 6.45) is 1.01. The summed E-state index contributed by atoms with van der Waals surface area (Å²) in [7, 11) is 1.31. The lowest BCUT2D eigenvalue weighted by molar-refractivity contribution is -0.314. The number of amides is 1. The van der Waals surface area contributed by atoms with Gasteiger partial charge in [0.15, 0.2) is 0 Å². The highest BCUT2D eigenvalue weighted by Gasteiger charge is 2.22. The van der Waals surface area contributed by atoms with Crippen molar-refractivity contribution in [1.82, 2.24) is 4.90 Å². The van der Waals surface area contributed by atoms with Crippen molar-refractivity contribution >= 4 is 5.91 Å². The first-order valence-corrected chi connectivity index (χ1v) is 2.91. The first-order chi connectivity index (χ1) is 4.87. The van der Waals surface area contributed by atoms with E-state index >= 15 is 0 Å². The minimum atomic E-state index is -2.84. The molecule has 0 unspecified atom stereocenters. The number of carbonyl (C=O) groups is 1. The standard InChI is InChI=1S/C6H11NO4/c1-3-5(8)7(2)4-6(9,10)11/h3,9-11H,1,4H2,2H3. The predicted molar refractivity (Wildman–Crippen MR) is 37.2 cm³/mol. The van der Waals surface area contributed by atoms with E-state index in [1.165, 1.54) is 7.05 Å². The molecule has 0 heterocycles. The smallest absolute Gasteiger partial charge is 0.294 e. The zero-order valence-electron chi connectivity index (χ0n) is 6.19. The fourth-order valence-electron chi connectivity index (χ4n) is 0.552. The molecular weight excluding hydrogens is 150 g/mol. The van der Waals surface area contributed by atoms with Crippen molar-refractivity contribution < 1.29 is 20.1 Å². The molecule has 3 N–H and O–H groups in total. The third kappa shape index (κ3) is 4.49. The number of carbonyl (C=O) groups excluding carboxylic acids is 1. The second-order valence-electron chi connectivity index (χ2n) is 2.17. The van der Waals surface area contributed by atoms with Crippen molar-refractivity contribution in [2.24, 2.45) is 0 Å². The Kier molecular flexibility index (Phi) is 3.18. The Morgan fingerprint density at radius 2 is 2.09 bits per heavy atom. The largest absolute Gasteiger partial charge is 0.342 e. The van der Waals surface area contributed by atoms with Crippen LogP contribution in [0.5, 0.6) is 0 Å². The molecule has 5 nitrogen and oxygen atoms in total. The third-order valence-corrected chi connectivity index (χ3v) is 1.00. The molecule has 0 spiro atoms. The monoisotopic (exact) mass is 161 g/mol. The number of likely N-dealkylation sites (N-methyl/N-ethyl adjacent to an activating group) is 1. The lowest BCUT2D eigenvalue weighted by Gasteiger charge is -2.21. The van der Waals surface area contributed by atoms with Gasteiger partial charge in [-0.25, -0.2) is 0 Å². The van der Waals surface area contributed by atoms with Gasteiger partial charge < -0.3 is 20.2 Å². The molecule has 0 fully saturated rings. The second-order valence-corrected chi connectivity index (χ2v) is 2.17. The zero-order valence-corrected chi connectivity index (χ0v) is 6.19. The van der Waals surface area contributed by atoms with Crippen LogP contribution >= 0.6 is 0 Å². The number of hydrogen-bond donors (Lipinski definition) is 3. The van der Waals surface area contributed by atoms with Crippen LogP contribution in [0.15, 0.2) is 12.7 Å². The minimum absolute atomic E-state index is 0.494. The SMILES string of the molecule is C=CC(=O)N(C)CC(O)(O)O. The first kappa shape index (κ1) is 10.1. The summed E-state index contributed by atoms with van der Waals surface area (Å²) in [4.78, 5) is 11.6. The molecule has 5 heteroatoms. The molecule has 0 aromatic rings. The van der Waals surface area contributed by atoms with Crippen LogP contribution in [0, 0.1) is 0 Å². The summed E-state index contributed by atoms with van der Waals surface area (Å²) >= 11 is 0. The first-order valence-electron chi connectivity index (χ1n) is 2.91. The molecule has 0 aromatic carbocycles. The van der Waals surface area contributed by atoms with E-state index < -0.39 is 18.4 Å². The van der Waals surface area contributed by atoms with Gasteiger partial charge in [-0.05, 0) is 6.08 Å². The summed E-state index contributed by atoms with van der Waals surface area (Å²) < 4.78 is 0. The molecule has 11 heavy (non-hydrogen) atoms. The van der Waals surface area contributed by atoms with E-state index in [0.29, 0.717) is 0 Å². The van der Waals surface area contributed by atoms with Crippen molar-refractivity contribution in [2.45, 2.75) is 5.97 Å². The Morgan fingerprint density at radius 3 is 2.36 bits per heavy atom. The fourth-order valence-corrected chi connectivity index (χ4v) is 0.552. The van der Waals surface area contributed by atoms with Gasteiger partial charge >= 0.3 is 0 Å². The third-order valence-electron chi connectivity index (χ3n) is 1.00. The van der Waals surface area contributed by atoms with Crippen LogP contribution < -0.4 is 0 Å². The molecule has 0 radical (unpaired) electrons. The van der Waals surface area contributed by atoms with E-state index in [9.17, 15) is 4.79 Å². The number of hydrogen-bond acceptors (Lipinski definition) is 4. The quantitative estimate of drug-likeness (QED) is 0.339. The zero-order chi connectivity index (χ0) is 9.07. The molecule has 0 aliphatic rings. The highest BCUT2D eigenvalue weighted by Crippen LogP contribution is 1.96. The summed E-state index contributed by atoms with van der Waals surface area (Å²) in [5.41, 5.74) is 0. The average molecular weight is 161 g/mol. The highest BCUT2D eigenvalue weighted by atomic mass is 16.7. The molecule has 0 aliphatic carbocycles. The summed E-state index contributed by atoms with van der Waals surface area (Å²) in [5, 5.41) is 25.2. The summed E-state index contributed by atoms with van der Waals surface area (Å²) in [6.45, 7) is 2.60. The van der Waals surface area contributed by atoms with Gasteiger partial charge in [0.2, 0.25) is 5.91 Å². The average Bonchev–Trinajstić information content (AvgIpc) is 1.82. The van der Waals surface area contributed by atoms with E-state index in [1.54, 1.807) is 0 Å². The molecule has 0 bridgehead atoms. The Morgan fingerprint density at radius 1 is 1.64 bits per heavy atom. The van der Waals surface area contributed by atoms with Gasteiger partial charge in [-0.15, -0.1) is 0 Å². The molecule has 0 rings (SSSR count). The lowest BCUT2D eigenvalue weighted by atomic mass is 10.4. The van der Waals surface area contributed by atoms with Gasteiger partial charge in [0, 0.05) is 7.05 Å². The van der Waals surface area contributed by atoms with E-state index in [4.69, 9.17) is 15.3 Å². The summed E-state index contributed by atoms with van der Waals surface area (Å²) in [5.74, 6) is -3.33. The number of rotatable bonds is 3. The van der Waals surface area contributed by atoms with Crippen LogP contribution in [-0.2, 0) is 4.79 Å². The van der Waals surface area contributed by atoms with Crippen LogP contribution in [0.4, 0.5) is 0 Å². The molecular formula is C6H11NO4. The molecule has 1 amide bonds. The number of aliphatic hydroxyl groups is 3. The van der Waals surface area contributed by atoms with Crippen molar-refractivity contribution in [2.75, 3.05) is 13.6 Å². The molecule has 64 valence electrons. The van der Waals surface area contributed by atoms with E-state index in [0.717, 1.165) is 11.0 Å². The minimum Gasteiger partial charge on any atom is -0.342 e. The fraction of sp³-hybridized carbons (Fsp3) is 0.500.